The Labute approximate surface area is 206 Å². The zero-order chi connectivity index (χ0) is 25.0. The van der Waals surface area contributed by atoms with E-state index in [0.717, 1.165) is 41.5 Å². The van der Waals surface area contributed by atoms with Crippen molar-refractivity contribution in [2.75, 3.05) is 6.61 Å². The van der Waals surface area contributed by atoms with Crippen LogP contribution in [0.5, 0.6) is 0 Å². The number of amides is 2. The monoisotopic (exact) mass is 478 g/mol. The van der Waals surface area contributed by atoms with Crippen LogP contribution in [0.3, 0.4) is 0 Å². The van der Waals surface area contributed by atoms with Crippen LogP contribution in [0.15, 0.2) is 48.5 Å². The van der Waals surface area contributed by atoms with E-state index in [-0.39, 0.29) is 18.4 Å². The maximum Gasteiger partial charge on any atom is 0.408 e. The third-order valence-electron chi connectivity index (χ3n) is 7.58. The molecule has 2 aromatic rings. The zero-order valence-electron chi connectivity index (χ0n) is 20.4. The molecule has 2 aromatic carbocycles. The third kappa shape index (κ3) is 5.19. The predicted octanol–water partition coefficient (Wildman–Crippen LogP) is 4.84. The summed E-state index contributed by atoms with van der Waals surface area (Å²) in [7, 11) is 0. The molecule has 2 amide bonds. The minimum Gasteiger partial charge on any atom is -0.481 e. The van der Waals surface area contributed by atoms with E-state index in [0.29, 0.717) is 19.3 Å². The predicted molar refractivity (Wildman–Crippen MR) is 133 cm³/mol. The van der Waals surface area contributed by atoms with E-state index in [1.54, 1.807) is 6.92 Å². The smallest absolute Gasteiger partial charge is 0.408 e. The summed E-state index contributed by atoms with van der Waals surface area (Å²) in [5, 5.41) is 15.3. The molecular formula is C28H34N2O5. The van der Waals surface area contributed by atoms with Gasteiger partial charge >= 0.3 is 12.1 Å². The first kappa shape index (κ1) is 24.8. The molecule has 0 radical (unpaired) electrons. The van der Waals surface area contributed by atoms with Crippen molar-refractivity contribution in [1.29, 1.82) is 0 Å². The van der Waals surface area contributed by atoms with E-state index in [1.165, 1.54) is 0 Å². The molecule has 3 atom stereocenters. The minimum atomic E-state index is -1.21. The number of benzene rings is 2. The topological polar surface area (TPSA) is 105 Å². The van der Waals surface area contributed by atoms with Gasteiger partial charge in [0.05, 0.1) is 5.92 Å². The first-order valence-corrected chi connectivity index (χ1v) is 12.5. The minimum absolute atomic E-state index is 0.0721. The van der Waals surface area contributed by atoms with E-state index in [2.05, 4.69) is 34.9 Å². The summed E-state index contributed by atoms with van der Waals surface area (Å²) in [5.41, 5.74) is 3.31. The second-order valence-electron chi connectivity index (χ2n) is 9.80. The second kappa shape index (κ2) is 10.5. The van der Waals surface area contributed by atoms with E-state index >= 15 is 0 Å². The molecule has 3 N–H and O–H groups in total. The van der Waals surface area contributed by atoms with Gasteiger partial charge in [-0.05, 0) is 48.4 Å². The number of fused-ring (bicyclic) bond motifs is 3. The summed E-state index contributed by atoms with van der Waals surface area (Å²) in [6.07, 6.45) is 3.51. The lowest BCUT2D eigenvalue weighted by Crippen LogP contribution is -2.59. The van der Waals surface area contributed by atoms with Crippen LogP contribution in [0.2, 0.25) is 0 Å². The Morgan fingerprint density at radius 3 is 2.17 bits per heavy atom. The van der Waals surface area contributed by atoms with Crippen LogP contribution in [-0.4, -0.2) is 41.3 Å². The molecule has 1 saturated carbocycles. The number of hydrogen-bond donors (Lipinski definition) is 3. The Hall–Kier alpha value is -3.35. The SMILES string of the molecule is CCC(C)(NC(=O)OCC1c2ccccc2-c2ccccc21)C(=O)N[C@H]1CCCCC[C@H]1C(=O)O. The van der Waals surface area contributed by atoms with Crippen LogP contribution in [0, 0.1) is 5.92 Å². The van der Waals surface area contributed by atoms with Gasteiger partial charge in [0.25, 0.3) is 0 Å². The molecule has 0 aliphatic heterocycles. The van der Waals surface area contributed by atoms with Gasteiger partial charge in [-0.2, -0.15) is 0 Å². The number of rotatable bonds is 7. The molecule has 0 saturated heterocycles. The number of hydrogen-bond acceptors (Lipinski definition) is 4. The number of ether oxygens (including phenoxy) is 1. The maximum absolute atomic E-state index is 13.2. The molecule has 35 heavy (non-hydrogen) atoms. The molecular weight excluding hydrogens is 444 g/mol. The number of aliphatic carboxylic acids is 1. The Balaban J connectivity index is 1.41. The van der Waals surface area contributed by atoms with Gasteiger partial charge in [-0.25, -0.2) is 4.79 Å². The number of carboxylic acids is 1. The fourth-order valence-electron chi connectivity index (χ4n) is 5.27. The number of carbonyl (C=O) groups is 3. The van der Waals surface area contributed by atoms with Gasteiger partial charge in [0, 0.05) is 12.0 Å². The van der Waals surface area contributed by atoms with Crippen molar-refractivity contribution < 1.29 is 24.2 Å². The van der Waals surface area contributed by atoms with Crippen molar-refractivity contribution in [1.82, 2.24) is 10.6 Å². The maximum atomic E-state index is 13.2. The van der Waals surface area contributed by atoms with E-state index in [1.807, 2.05) is 31.2 Å². The number of nitrogens with one attached hydrogen (secondary N) is 2. The van der Waals surface area contributed by atoms with Gasteiger partial charge in [-0.1, -0.05) is 74.7 Å². The Kier molecular flexibility index (Phi) is 7.43. The van der Waals surface area contributed by atoms with Crippen LogP contribution >= 0.6 is 0 Å². The number of carbonyl (C=O) groups excluding carboxylic acids is 2. The van der Waals surface area contributed by atoms with Gasteiger partial charge in [0.2, 0.25) is 5.91 Å². The van der Waals surface area contributed by atoms with Gasteiger partial charge in [-0.3, -0.25) is 9.59 Å². The first-order chi connectivity index (χ1) is 16.8. The van der Waals surface area contributed by atoms with Crippen molar-refractivity contribution in [3.05, 3.63) is 59.7 Å². The second-order valence-corrected chi connectivity index (χ2v) is 9.80. The Bertz CT molecular complexity index is 1050. The fraction of sp³-hybridized carbons (Fsp3) is 0.464. The summed E-state index contributed by atoms with van der Waals surface area (Å²) >= 11 is 0. The molecule has 2 aliphatic carbocycles. The van der Waals surface area contributed by atoms with Gasteiger partial charge < -0.3 is 20.5 Å². The molecule has 0 aromatic heterocycles. The standard InChI is InChI=1S/C28H34N2O5/c1-3-28(2,26(33)29-24-16-6-4-5-15-22(24)25(31)32)30-27(34)35-17-23-20-13-9-7-11-18(20)19-12-8-10-14-21(19)23/h7-14,22-24H,3-6,15-17H2,1-2H3,(H,29,33)(H,30,34)(H,31,32)/t22-,24+,28?/m1/s1. The molecule has 7 heteroatoms. The number of carboxylic acid groups (broad SMARTS) is 1. The third-order valence-corrected chi connectivity index (χ3v) is 7.58. The molecule has 0 heterocycles. The Morgan fingerprint density at radius 2 is 1.57 bits per heavy atom. The molecule has 0 bridgehead atoms. The van der Waals surface area contributed by atoms with Crippen LogP contribution in [0.25, 0.3) is 11.1 Å². The Morgan fingerprint density at radius 1 is 0.971 bits per heavy atom. The molecule has 186 valence electrons. The molecule has 4 rings (SSSR count). The van der Waals surface area contributed by atoms with Gasteiger partial charge in [0.15, 0.2) is 0 Å². The summed E-state index contributed by atoms with van der Waals surface area (Å²) in [6, 6.07) is 15.8. The lowest BCUT2D eigenvalue weighted by Gasteiger charge is -2.32. The first-order valence-electron chi connectivity index (χ1n) is 12.5. The van der Waals surface area contributed by atoms with Crippen molar-refractivity contribution in [2.24, 2.45) is 5.92 Å². The highest BCUT2D eigenvalue weighted by molar-refractivity contribution is 5.90. The van der Waals surface area contributed by atoms with E-state index in [4.69, 9.17) is 4.74 Å². The van der Waals surface area contributed by atoms with Crippen molar-refractivity contribution in [2.45, 2.75) is 69.9 Å². The average Bonchev–Trinajstić information content (AvgIpc) is 2.98. The molecule has 7 nitrogen and oxygen atoms in total. The summed E-state index contributed by atoms with van der Waals surface area (Å²) in [6.45, 7) is 3.62. The summed E-state index contributed by atoms with van der Waals surface area (Å²) in [4.78, 5) is 37.7. The molecule has 2 aliphatic rings. The highest BCUT2D eigenvalue weighted by atomic mass is 16.5. The highest BCUT2D eigenvalue weighted by Crippen LogP contribution is 2.44. The summed E-state index contributed by atoms with van der Waals surface area (Å²) in [5.74, 6) is -1.96. The summed E-state index contributed by atoms with van der Waals surface area (Å²) < 4.78 is 5.63. The van der Waals surface area contributed by atoms with Crippen molar-refractivity contribution in [3.63, 3.8) is 0 Å². The quantitative estimate of drug-likeness (QED) is 0.494. The van der Waals surface area contributed by atoms with Crippen LogP contribution in [0.4, 0.5) is 4.79 Å². The molecule has 0 spiro atoms. The van der Waals surface area contributed by atoms with Crippen LogP contribution in [0.1, 0.15) is 69.4 Å². The van der Waals surface area contributed by atoms with Crippen LogP contribution in [-0.2, 0) is 14.3 Å². The molecule has 1 unspecified atom stereocenters. The largest absolute Gasteiger partial charge is 0.481 e. The van der Waals surface area contributed by atoms with Crippen molar-refractivity contribution in [3.8, 4) is 11.1 Å². The fourth-order valence-corrected chi connectivity index (χ4v) is 5.27. The lowest BCUT2D eigenvalue weighted by molar-refractivity contribution is -0.143. The van der Waals surface area contributed by atoms with Gasteiger partial charge in [0.1, 0.15) is 12.1 Å². The zero-order valence-corrected chi connectivity index (χ0v) is 20.4. The van der Waals surface area contributed by atoms with E-state index < -0.39 is 29.6 Å². The molecule has 1 fully saturated rings. The van der Waals surface area contributed by atoms with E-state index in [9.17, 15) is 19.5 Å². The lowest BCUT2D eigenvalue weighted by atomic mass is 9.92. The normalized spacial score (nSPS) is 21.1. The average molecular weight is 479 g/mol. The van der Waals surface area contributed by atoms with Crippen LogP contribution < -0.4 is 10.6 Å². The van der Waals surface area contributed by atoms with Crippen molar-refractivity contribution >= 4 is 18.0 Å². The highest BCUT2D eigenvalue weighted by Gasteiger charge is 2.38. The van der Waals surface area contributed by atoms with Gasteiger partial charge in [-0.15, -0.1) is 0 Å². The number of alkyl carbamates (subject to hydrolysis) is 1.